The molecule has 6 nitrogen and oxygen atoms in total. The van der Waals surface area contributed by atoms with Gasteiger partial charge in [0.15, 0.2) is 5.76 Å². The monoisotopic (exact) mass is 367 g/mol. The van der Waals surface area contributed by atoms with Crippen molar-refractivity contribution in [1.82, 2.24) is 4.90 Å². The second-order valence-corrected chi connectivity index (χ2v) is 7.24. The van der Waals surface area contributed by atoms with E-state index >= 15 is 0 Å². The van der Waals surface area contributed by atoms with Crippen LogP contribution in [0.4, 0.5) is 11.4 Å². The van der Waals surface area contributed by atoms with Gasteiger partial charge < -0.3 is 19.5 Å². The third-order valence-corrected chi connectivity index (χ3v) is 5.49. The van der Waals surface area contributed by atoms with Crippen LogP contribution in [0.3, 0.4) is 0 Å². The van der Waals surface area contributed by atoms with Crippen molar-refractivity contribution < 1.29 is 14.0 Å². The third kappa shape index (κ3) is 3.84. The number of likely N-dealkylation sites (tertiary alicyclic amines) is 1. The van der Waals surface area contributed by atoms with Gasteiger partial charge in [-0.2, -0.15) is 0 Å². The van der Waals surface area contributed by atoms with Gasteiger partial charge in [-0.15, -0.1) is 0 Å². The molecule has 1 N–H and O–H groups in total. The molecule has 0 unspecified atom stereocenters. The fraction of sp³-hybridized carbons (Fsp3) is 0.429. The van der Waals surface area contributed by atoms with Gasteiger partial charge in [0.25, 0.3) is 5.91 Å². The van der Waals surface area contributed by atoms with E-state index in [-0.39, 0.29) is 17.7 Å². The maximum Gasteiger partial charge on any atom is 0.289 e. The van der Waals surface area contributed by atoms with Crippen molar-refractivity contribution in [1.29, 1.82) is 0 Å². The lowest BCUT2D eigenvalue weighted by molar-refractivity contribution is -0.121. The van der Waals surface area contributed by atoms with E-state index in [4.69, 9.17) is 4.42 Å². The second-order valence-electron chi connectivity index (χ2n) is 7.24. The fourth-order valence-corrected chi connectivity index (χ4v) is 3.95. The van der Waals surface area contributed by atoms with Gasteiger partial charge in [-0.1, -0.05) is 12.1 Å². The first kappa shape index (κ1) is 17.6. The Labute approximate surface area is 159 Å². The van der Waals surface area contributed by atoms with Crippen molar-refractivity contribution in [2.24, 2.45) is 5.92 Å². The Hall–Kier alpha value is -2.76. The highest BCUT2D eigenvalue weighted by atomic mass is 16.3. The van der Waals surface area contributed by atoms with Gasteiger partial charge in [-0.3, -0.25) is 9.59 Å². The molecule has 2 saturated heterocycles. The molecule has 3 heterocycles. The number of anilines is 2. The molecule has 4 rings (SSSR count). The molecule has 27 heavy (non-hydrogen) atoms. The highest BCUT2D eigenvalue weighted by molar-refractivity contribution is 5.96. The van der Waals surface area contributed by atoms with E-state index in [1.165, 1.54) is 19.1 Å². The van der Waals surface area contributed by atoms with E-state index in [0.717, 1.165) is 24.5 Å². The van der Waals surface area contributed by atoms with E-state index < -0.39 is 0 Å². The summed E-state index contributed by atoms with van der Waals surface area (Å²) in [5.41, 5.74) is 1.99. The molecule has 0 radical (unpaired) electrons. The van der Waals surface area contributed by atoms with Crippen LogP contribution < -0.4 is 10.2 Å². The summed E-state index contributed by atoms with van der Waals surface area (Å²) in [5.74, 6) is 0.236. The lowest BCUT2D eigenvalue weighted by atomic mass is 9.95. The largest absolute Gasteiger partial charge is 0.459 e. The minimum Gasteiger partial charge on any atom is -0.459 e. The van der Waals surface area contributed by atoms with Crippen LogP contribution in [-0.4, -0.2) is 42.9 Å². The molecule has 6 heteroatoms. The molecule has 1 aromatic carbocycles. The Balaban J connectivity index is 1.36. The molecular formula is C21H25N3O3. The van der Waals surface area contributed by atoms with Gasteiger partial charge in [-0.05, 0) is 49.9 Å². The highest BCUT2D eigenvalue weighted by Gasteiger charge is 2.29. The zero-order valence-corrected chi connectivity index (χ0v) is 15.4. The summed E-state index contributed by atoms with van der Waals surface area (Å²) in [6.07, 6.45) is 5.24. The van der Waals surface area contributed by atoms with Crippen molar-refractivity contribution in [3.63, 3.8) is 0 Å². The second kappa shape index (κ2) is 7.86. The molecular weight excluding hydrogens is 342 g/mol. The summed E-state index contributed by atoms with van der Waals surface area (Å²) in [5, 5.41) is 3.13. The number of amides is 2. The van der Waals surface area contributed by atoms with Crippen molar-refractivity contribution in [2.75, 3.05) is 36.4 Å². The standard InChI is InChI=1S/C21H25N3O3/c25-20(22-17-6-1-2-7-18(17)23-11-3-4-12-23)16-9-13-24(14-10-16)21(26)19-8-5-15-27-19/h1-2,5-8,15-16H,3-4,9-14H2,(H,22,25). The molecule has 0 bridgehead atoms. The van der Waals surface area contributed by atoms with Crippen molar-refractivity contribution in [3.05, 3.63) is 48.4 Å². The quantitative estimate of drug-likeness (QED) is 0.900. The number of para-hydroxylation sites is 2. The minimum atomic E-state index is -0.0989. The molecule has 2 aliphatic heterocycles. The van der Waals surface area contributed by atoms with E-state index in [9.17, 15) is 9.59 Å². The van der Waals surface area contributed by atoms with Crippen LogP contribution in [0.25, 0.3) is 0 Å². The van der Waals surface area contributed by atoms with E-state index in [0.29, 0.717) is 31.7 Å². The number of rotatable bonds is 4. The number of nitrogens with one attached hydrogen (secondary N) is 1. The van der Waals surface area contributed by atoms with Gasteiger partial charge in [0, 0.05) is 32.1 Å². The molecule has 0 spiro atoms. The van der Waals surface area contributed by atoms with Gasteiger partial charge in [-0.25, -0.2) is 0 Å². The first-order valence-electron chi connectivity index (χ1n) is 9.70. The van der Waals surface area contributed by atoms with E-state index in [2.05, 4.69) is 16.3 Å². The topological polar surface area (TPSA) is 65.8 Å². The van der Waals surface area contributed by atoms with Crippen LogP contribution in [0, 0.1) is 5.92 Å². The van der Waals surface area contributed by atoms with Crippen LogP contribution in [-0.2, 0) is 4.79 Å². The van der Waals surface area contributed by atoms with Crippen LogP contribution in [0.15, 0.2) is 47.1 Å². The normalized spacial score (nSPS) is 17.9. The van der Waals surface area contributed by atoms with Crippen LogP contribution >= 0.6 is 0 Å². The zero-order valence-electron chi connectivity index (χ0n) is 15.4. The average Bonchev–Trinajstić information content (AvgIpc) is 3.42. The van der Waals surface area contributed by atoms with Gasteiger partial charge in [0.1, 0.15) is 0 Å². The summed E-state index contributed by atoms with van der Waals surface area (Å²) in [6.45, 7) is 3.23. The maximum absolute atomic E-state index is 12.8. The highest BCUT2D eigenvalue weighted by Crippen LogP contribution is 2.30. The number of piperidine rings is 1. The summed E-state index contributed by atoms with van der Waals surface area (Å²) in [4.78, 5) is 29.2. The van der Waals surface area contributed by atoms with Crippen molar-refractivity contribution >= 4 is 23.2 Å². The average molecular weight is 367 g/mol. The number of benzene rings is 1. The molecule has 142 valence electrons. The van der Waals surface area contributed by atoms with Crippen molar-refractivity contribution in [3.8, 4) is 0 Å². The van der Waals surface area contributed by atoms with Gasteiger partial charge in [0.2, 0.25) is 5.91 Å². The van der Waals surface area contributed by atoms with Crippen LogP contribution in [0.1, 0.15) is 36.2 Å². The summed E-state index contributed by atoms with van der Waals surface area (Å²) in [6, 6.07) is 11.4. The number of furan rings is 1. The molecule has 1 aromatic heterocycles. The van der Waals surface area contributed by atoms with Crippen LogP contribution in [0.2, 0.25) is 0 Å². The number of hydrogen-bond acceptors (Lipinski definition) is 4. The summed E-state index contributed by atoms with van der Waals surface area (Å²) in [7, 11) is 0. The molecule has 2 aromatic rings. The Morgan fingerprint density at radius 3 is 2.41 bits per heavy atom. The third-order valence-electron chi connectivity index (χ3n) is 5.49. The molecule has 0 aliphatic carbocycles. The molecule has 0 atom stereocenters. The number of carbonyl (C=O) groups is 2. The summed E-state index contributed by atoms with van der Waals surface area (Å²) < 4.78 is 5.19. The van der Waals surface area contributed by atoms with Gasteiger partial charge >= 0.3 is 0 Å². The first-order chi connectivity index (χ1) is 13.2. The lowest BCUT2D eigenvalue weighted by Gasteiger charge is -2.31. The number of carbonyl (C=O) groups excluding carboxylic acids is 2. The Kier molecular flexibility index (Phi) is 5.14. The predicted octanol–water partition coefficient (Wildman–Crippen LogP) is 3.37. The van der Waals surface area contributed by atoms with E-state index in [1.54, 1.807) is 17.0 Å². The van der Waals surface area contributed by atoms with Crippen molar-refractivity contribution in [2.45, 2.75) is 25.7 Å². The first-order valence-corrected chi connectivity index (χ1v) is 9.70. The fourth-order valence-electron chi connectivity index (χ4n) is 3.95. The molecule has 0 saturated carbocycles. The minimum absolute atomic E-state index is 0.0479. The van der Waals surface area contributed by atoms with E-state index in [1.807, 2.05) is 18.2 Å². The Bertz CT molecular complexity index is 789. The molecule has 2 aliphatic rings. The predicted molar refractivity (Wildman–Crippen MR) is 104 cm³/mol. The maximum atomic E-state index is 12.8. The SMILES string of the molecule is O=C(Nc1ccccc1N1CCCC1)C1CCN(C(=O)c2ccco2)CC1. The Morgan fingerprint density at radius 2 is 1.70 bits per heavy atom. The number of hydrogen-bond donors (Lipinski definition) is 1. The zero-order chi connectivity index (χ0) is 18.6. The molecule has 2 fully saturated rings. The molecule has 2 amide bonds. The smallest absolute Gasteiger partial charge is 0.289 e. The lowest BCUT2D eigenvalue weighted by Crippen LogP contribution is -2.41. The summed E-state index contributed by atoms with van der Waals surface area (Å²) >= 11 is 0. The van der Waals surface area contributed by atoms with Gasteiger partial charge in [0.05, 0.1) is 17.6 Å². The van der Waals surface area contributed by atoms with Crippen LogP contribution in [0.5, 0.6) is 0 Å². The number of nitrogens with zero attached hydrogens (tertiary/aromatic N) is 2. The Morgan fingerprint density at radius 1 is 0.963 bits per heavy atom.